The second-order valence-electron chi connectivity index (χ2n) is 6.72. The number of allylic oxidation sites excluding steroid dienone is 3. The van der Waals surface area contributed by atoms with E-state index in [0.717, 1.165) is 5.56 Å². The molecular formula is C22H17FN2O2. The summed E-state index contributed by atoms with van der Waals surface area (Å²) >= 11 is 0. The van der Waals surface area contributed by atoms with E-state index in [1.165, 1.54) is 6.07 Å². The van der Waals surface area contributed by atoms with Crippen LogP contribution in [0.4, 0.5) is 4.39 Å². The lowest BCUT2D eigenvalue weighted by atomic mass is 9.73. The van der Waals surface area contributed by atoms with Crippen molar-refractivity contribution in [1.29, 1.82) is 5.26 Å². The lowest BCUT2D eigenvalue weighted by molar-refractivity contribution is -0.117. The summed E-state index contributed by atoms with van der Waals surface area (Å²) in [7, 11) is 0. The summed E-state index contributed by atoms with van der Waals surface area (Å²) < 4.78 is 20.2. The molecule has 27 heavy (non-hydrogen) atoms. The minimum atomic E-state index is -0.829. The van der Waals surface area contributed by atoms with E-state index in [2.05, 4.69) is 0 Å². The van der Waals surface area contributed by atoms with E-state index in [0.29, 0.717) is 17.8 Å². The number of ketones is 1. The maximum Gasteiger partial charge on any atom is 0.205 e. The van der Waals surface area contributed by atoms with Gasteiger partial charge in [-0.25, -0.2) is 4.39 Å². The molecule has 2 atom stereocenters. The SMILES string of the molecule is N#CC1=C(N)OC2=C(C(=O)CC(c3ccccc3)C2)C1c1ccccc1F. The third-order valence-corrected chi connectivity index (χ3v) is 5.15. The van der Waals surface area contributed by atoms with Gasteiger partial charge in [0.1, 0.15) is 23.2 Å². The molecule has 134 valence electrons. The summed E-state index contributed by atoms with van der Waals surface area (Å²) in [5.41, 5.74) is 7.69. The van der Waals surface area contributed by atoms with Crippen molar-refractivity contribution in [2.24, 2.45) is 5.73 Å². The Hall–Kier alpha value is -3.39. The summed E-state index contributed by atoms with van der Waals surface area (Å²) in [6.07, 6.45) is 0.769. The Bertz CT molecular complexity index is 1020. The Morgan fingerprint density at radius 1 is 1.07 bits per heavy atom. The van der Waals surface area contributed by atoms with Gasteiger partial charge in [-0.05, 0) is 17.5 Å². The van der Waals surface area contributed by atoms with Gasteiger partial charge < -0.3 is 10.5 Å². The molecule has 2 unspecified atom stereocenters. The molecule has 0 radical (unpaired) electrons. The van der Waals surface area contributed by atoms with Crippen LogP contribution in [0.1, 0.15) is 35.8 Å². The zero-order valence-corrected chi connectivity index (χ0v) is 14.5. The Labute approximate surface area is 156 Å². The number of ether oxygens (including phenoxy) is 1. The fraction of sp³-hybridized carbons (Fsp3) is 0.182. The third-order valence-electron chi connectivity index (χ3n) is 5.15. The summed E-state index contributed by atoms with van der Waals surface area (Å²) in [5, 5.41) is 9.57. The molecule has 0 bridgehead atoms. The number of halogens is 1. The summed E-state index contributed by atoms with van der Waals surface area (Å²) in [4.78, 5) is 13.0. The molecule has 0 amide bonds. The lowest BCUT2D eigenvalue weighted by Crippen LogP contribution is -2.30. The van der Waals surface area contributed by atoms with Gasteiger partial charge in [0.15, 0.2) is 5.78 Å². The summed E-state index contributed by atoms with van der Waals surface area (Å²) in [6, 6.07) is 17.9. The summed E-state index contributed by atoms with van der Waals surface area (Å²) in [6.45, 7) is 0. The number of hydrogen-bond donors (Lipinski definition) is 1. The Morgan fingerprint density at radius 2 is 1.78 bits per heavy atom. The lowest BCUT2D eigenvalue weighted by Gasteiger charge is -2.34. The van der Waals surface area contributed by atoms with Crippen molar-refractivity contribution in [3.63, 3.8) is 0 Å². The fourth-order valence-electron chi connectivity index (χ4n) is 3.89. The minimum absolute atomic E-state index is 0.0323. The largest absolute Gasteiger partial charge is 0.444 e. The molecule has 2 aromatic carbocycles. The monoisotopic (exact) mass is 360 g/mol. The van der Waals surface area contributed by atoms with Crippen molar-refractivity contribution in [3.05, 3.63) is 94.3 Å². The van der Waals surface area contributed by atoms with Gasteiger partial charge in [-0.2, -0.15) is 5.26 Å². The number of rotatable bonds is 2. The fourth-order valence-corrected chi connectivity index (χ4v) is 3.89. The molecule has 0 aromatic heterocycles. The van der Waals surface area contributed by atoms with Gasteiger partial charge in [0.25, 0.3) is 0 Å². The highest BCUT2D eigenvalue weighted by Crippen LogP contribution is 2.47. The highest BCUT2D eigenvalue weighted by Gasteiger charge is 2.41. The smallest absolute Gasteiger partial charge is 0.205 e. The Balaban J connectivity index is 1.82. The van der Waals surface area contributed by atoms with Crippen LogP contribution < -0.4 is 5.73 Å². The van der Waals surface area contributed by atoms with E-state index in [4.69, 9.17) is 10.5 Å². The molecule has 0 spiro atoms. The van der Waals surface area contributed by atoms with Crippen LogP contribution in [0.5, 0.6) is 0 Å². The van der Waals surface area contributed by atoms with Crippen molar-refractivity contribution >= 4 is 5.78 Å². The van der Waals surface area contributed by atoms with E-state index in [-0.39, 0.29) is 35.1 Å². The summed E-state index contributed by atoms with van der Waals surface area (Å²) in [5.74, 6) is -1.11. The van der Waals surface area contributed by atoms with Crippen LogP contribution in [0.3, 0.4) is 0 Å². The van der Waals surface area contributed by atoms with Gasteiger partial charge in [-0.3, -0.25) is 4.79 Å². The molecule has 1 aliphatic heterocycles. The van der Waals surface area contributed by atoms with Crippen LogP contribution in [-0.2, 0) is 9.53 Å². The van der Waals surface area contributed by atoms with Gasteiger partial charge in [0, 0.05) is 24.0 Å². The highest BCUT2D eigenvalue weighted by atomic mass is 19.1. The van der Waals surface area contributed by atoms with Gasteiger partial charge in [0.2, 0.25) is 5.88 Å². The molecule has 0 saturated heterocycles. The third kappa shape index (κ3) is 2.89. The first-order valence-corrected chi connectivity index (χ1v) is 8.73. The number of nitriles is 1. The highest BCUT2D eigenvalue weighted by molar-refractivity contribution is 6.00. The van der Waals surface area contributed by atoms with E-state index in [1.54, 1.807) is 18.2 Å². The second-order valence-corrected chi connectivity index (χ2v) is 6.72. The van der Waals surface area contributed by atoms with Crippen LogP contribution in [0.25, 0.3) is 0 Å². The number of nitrogens with zero attached hydrogens (tertiary/aromatic N) is 1. The van der Waals surface area contributed by atoms with Crippen LogP contribution >= 0.6 is 0 Å². The average molecular weight is 360 g/mol. The van der Waals surface area contributed by atoms with E-state index < -0.39 is 11.7 Å². The van der Waals surface area contributed by atoms with Gasteiger partial charge in [-0.1, -0.05) is 48.5 Å². The first kappa shape index (κ1) is 17.0. The van der Waals surface area contributed by atoms with Crippen molar-refractivity contribution in [2.75, 3.05) is 0 Å². The molecule has 0 fully saturated rings. The first-order chi connectivity index (χ1) is 13.1. The zero-order valence-electron chi connectivity index (χ0n) is 14.5. The van der Waals surface area contributed by atoms with Crippen LogP contribution in [0.15, 0.2) is 77.4 Å². The number of carbonyl (C=O) groups is 1. The second kappa shape index (κ2) is 6.73. The minimum Gasteiger partial charge on any atom is -0.444 e. The normalized spacial score (nSPS) is 22.1. The molecule has 5 heteroatoms. The predicted molar refractivity (Wildman–Crippen MR) is 97.5 cm³/mol. The van der Waals surface area contributed by atoms with Crippen LogP contribution in [0, 0.1) is 17.1 Å². The van der Waals surface area contributed by atoms with Gasteiger partial charge in [0.05, 0.1) is 5.92 Å². The topological polar surface area (TPSA) is 76.1 Å². The Kier molecular flexibility index (Phi) is 4.25. The maximum absolute atomic E-state index is 14.5. The van der Waals surface area contributed by atoms with Crippen molar-refractivity contribution in [2.45, 2.75) is 24.7 Å². The molecule has 2 N–H and O–H groups in total. The number of nitrogens with two attached hydrogens (primary N) is 1. The zero-order chi connectivity index (χ0) is 19.0. The molecule has 4 nitrogen and oxygen atoms in total. The molecule has 1 aliphatic carbocycles. The van der Waals surface area contributed by atoms with E-state index in [9.17, 15) is 14.4 Å². The molecule has 1 heterocycles. The average Bonchev–Trinajstić information content (AvgIpc) is 2.68. The molecule has 4 rings (SSSR count). The number of hydrogen-bond acceptors (Lipinski definition) is 4. The maximum atomic E-state index is 14.5. The predicted octanol–water partition coefficient (Wildman–Crippen LogP) is 4.03. The molecular weight excluding hydrogens is 343 g/mol. The Morgan fingerprint density at radius 3 is 2.48 bits per heavy atom. The number of Topliss-reactive ketones (excluding diaryl/α,β-unsaturated/α-hetero) is 1. The van der Waals surface area contributed by atoms with Crippen molar-refractivity contribution in [1.82, 2.24) is 0 Å². The van der Waals surface area contributed by atoms with Crippen molar-refractivity contribution in [3.8, 4) is 6.07 Å². The quantitative estimate of drug-likeness (QED) is 0.877. The van der Waals surface area contributed by atoms with Gasteiger partial charge in [-0.15, -0.1) is 0 Å². The number of carbonyl (C=O) groups excluding carboxylic acids is 1. The standard InChI is InChI=1S/C22H17FN2O2/c23-17-9-5-4-8-15(17)20-16(12-24)22(25)27-19-11-14(10-18(26)21(19)20)13-6-2-1-3-7-13/h1-9,14,20H,10-11,25H2. The van der Waals surface area contributed by atoms with E-state index >= 15 is 0 Å². The van der Waals surface area contributed by atoms with Crippen LogP contribution in [0.2, 0.25) is 0 Å². The molecule has 2 aliphatic rings. The molecule has 2 aromatic rings. The van der Waals surface area contributed by atoms with Crippen LogP contribution in [-0.4, -0.2) is 5.78 Å². The molecule has 0 saturated carbocycles. The number of benzene rings is 2. The van der Waals surface area contributed by atoms with Crippen molar-refractivity contribution < 1.29 is 13.9 Å². The van der Waals surface area contributed by atoms with E-state index in [1.807, 2.05) is 36.4 Å². The first-order valence-electron chi connectivity index (χ1n) is 8.73. The van der Waals surface area contributed by atoms with Gasteiger partial charge >= 0.3 is 0 Å².